The van der Waals surface area contributed by atoms with Crippen LogP contribution >= 0.6 is 24.0 Å². The SMILES string of the molecule is CN=C(NCC1(N2CCOCC2)CCCCC1)N1CCC(Oc2ccccc2)CC1.I. The molecule has 1 N–H and O–H groups in total. The highest BCUT2D eigenvalue weighted by molar-refractivity contribution is 14.0. The van der Waals surface area contributed by atoms with Gasteiger partial charge in [-0.25, -0.2) is 0 Å². The Labute approximate surface area is 204 Å². The molecule has 1 aliphatic carbocycles. The van der Waals surface area contributed by atoms with Crippen LogP contribution in [0.2, 0.25) is 0 Å². The van der Waals surface area contributed by atoms with E-state index in [0.29, 0.717) is 6.10 Å². The molecule has 0 bridgehead atoms. The molecule has 174 valence electrons. The van der Waals surface area contributed by atoms with E-state index < -0.39 is 0 Å². The summed E-state index contributed by atoms with van der Waals surface area (Å²) < 4.78 is 11.8. The van der Waals surface area contributed by atoms with Gasteiger partial charge >= 0.3 is 0 Å². The fourth-order valence-corrected chi connectivity index (χ4v) is 5.31. The lowest BCUT2D eigenvalue weighted by atomic mass is 9.79. The zero-order valence-corrected chi connectivity index (χ0v) is 21.3. The van der Waals surface area contributed by atoms with Gasteiger partial charge < -0.3 is 19.7 Å². The molecule has 1 aromatic carbocycles. The average molecular weight is 543 g/mol. The third-order valence-electron chi connectivity index (χ3n) is 7.04. The van der Waals surface area contributed by atoms with Gasteiger partial charge in [0, 0.05) is 58.2 Å². The van der Waals surface area contributed by atoms with Crippen LogP contribution in [0.5, 0.6) is 5.75 Å². The summed E-state index contributed by atoms with van der Waals surface area (Å²) in [6.45, 7) is 6.81. The first kappa shape index (κ1) is 24.6. The fraction of sp³-hybridized carbons (Fsp3) is 0.708. The maximum absolute atomic E-state index is 6.16. The number of hydrogen-bond acceptors (Lipinski definition) is 4. The second-order valence-electron chi connectivity index (χ2n) is 8.90. The molecule has 1 saturated carbocycles. The van der Waals surface area contributed by atoms with Crippen LogP contribution in [0.4, 0.5) is 0 Å². The lowest BCUT2D eigenvalue weighted by Crippen LogP contribution is -2.61. The Morgan fingerprint density at radius 2 is 1.74 bits per heavy atom. The van der Waals surface area contributed by atoms with Crippen LogP contribution < -0.4 is 10.1 Å². The third-order valence-corrected chi connectivity index (χ3v) is 7.04. The van der Waals surface area contributed by atoms with E-state index in [1.54, 1.807) is 0 Å². The van der Waals surface area contributed by atoms with Crippen molar-refractivity contribution in [3.63, 3.8) is 0 Å². The van der Waals surface area contributed by atoms with Crippen molar-refractivity contribution in [1.29, 1.82) is 0 Å². The van der Waals surface area contributed by atoms with Crippen molar-refractivity contribution in [1.82, 2.24) is 15.1 Å². The fourth-order valence-electron chi connectivity index (χ4n) is 5.31. The minimum absolute atomic E-state index is 0. The minimum Gasteiger partial charge on any atom is -0.490 e. The number of benzene rings is 1. The van der Waals surface area contributed by atoms with Crippen molar-refractivity contribution >= 4 is 29.9 Å². The van der Waals surface area contributed by atoms with E-state index in [1.165, 1.54) is 32.1 Å². The summed E-state index contributed by atoms with van der Waals surface area (Å²) in [4.78, 5) is 9.72. The summed E-state index contributed by atoms with van der Waals surface area (Å²) in [5, 5.41) is 3.76. The highest BCUT2D eigenvalue weighted by Gasteiger charge is 2.39. The maximum Gasteiger partial charge on any atom is 0.193 e. The standard InChI is InChI=1S/C24H38N4O2.HI/c1-25-23(27-14-10-22(11-15-27)30-21-8-4-2-5-9-21)26-20-24(12-6-3-7-13-24)28-16-18-29-19-17-28;/h2,4-5,8-9,22H,3,6-7,10-20H2,1H3,(H,25,26);1H. The quantitative estimate of drug-likeness (QED) is 0.349. The number of piperidine rings is 1. The number of nitrogens with zero attached hydrogens (tertiary/aromatic N) is 3. The largest absolute Gasteiger partial charge is 0.490 e. The molecule has 0 unspecified atom stereocenters. The Kier molecular flexibility index (Phi) is 9.72. The molecular weight excluding hydrogens is 503 g/mol. The second kappa shape index (κ2) is 12.3. The van der Waals surface area contributed by atoms with Crippen LogP contribution in [-0.2, 0) is 4.74 Å². The van der Waals surface area contributed by atoms with Gasteiger partial charge in [0.25, 0.3) is 0 Å². The molecule has 2 saturated heterocycles. The molecule has 0 spiro atoms. The number of guanidine groups is 1. The number of likely N-dealkylation sites (tertiary alicyclic amines) is 1. The topological polar surface area (TPSA) is 49.3 Å². The zero-order valence-electron chi connectivity index (χ0n) is 18.9. The molecule has 1 aromatic rings. The van der Waals surface area contributed by atoms with Crippen molar-refractivity contribution < 1.29 is 9.47 Å². The number of hydrogen-bond donors (Lipinski definition) is 1. The molecule has 3 fully saturated rings. The minimum atomic E-state index is 0. The molecule has 0 radical (unpaired) electrons. The van der Waals surface area contributed by atoms with Gasteiger partial charge in [0.15, 0.2) is 5.96 Å². The lowest BCUT2D eigenvalue weighted by molar-refractivity contribution is -0.0355. The first-order valence-electron chi connectivity index (χ1n) is 11.8. The summed E-state index contributed by atoms with van der Waals surface area (Å²) in [5.74, 6) is 2.02. The Morgan fingerprint density at radius 1 is 1.06 bits per heavy atom. The van der Waals surface area contributed by atoms with Crippen molar-refractivity contribution in [2.75, 3.05) is 53.0 Å². The van der Waals surface area contributed by atoms with E-state index in [-0.39, 0.29) is 29.5 Å². The highest BCUT2D eigenvalue weighted by Crippen LogP contribution is 2.34. The number of aliphatic imine (C=N–C) groups is 1. The van der Waals surface area contributed by atoms with E-state index >= 15 is 0 Å². The Morgan fingerprint density at radius 3 is 2.39 bits per heavy atom. The monoisotopic (exact) mass is 542 g/mol. The summed E-state index contributed by atoms with van der Waals surface area (Å²) in [5.41, 5.74) is 0.257. The van der Waals surface area contributed by atoms with Gasteiger partial charge in [-0.05, 0) is 25.0 Å². The van der Waals surface area contributed by atoms with Gasteiger partial charge in [0.2, 0.25) is 0 Å². The molecule has 2 heterocycles. The van der Waals surface area contributed by atoms with Crippen LogP contribution in [0.1, 0.15) is 44.9 Å². The molecule has 7 heteroatoms. The molecular formula is C24H39IN4O2. The molecule has 31 heavy (non-hydrogen) atoms. The normalized spacial score (nSPS) is 23.1. The predicted octanol–water partition coefficient (Wildman–Crippen LogP) is 3.76. The second-order valence-corrected chi connectivity index (χ2v) is 8.90. The molecule has 2 aliphatic heterocycles. The Bertz CT molecular complexity index is 667. The van der Waals surface area contributed by atoms with Gasteiger partial charge in [0.1, 0.15) is 11.9 Å². The van der Waals surface area contributed by atoms with Crippen LogP contribution in [0, 0.1) is 0 Å². The number of morpholine rings is 1. The van der Waals surface area contributed by atoms with Crippen LogP contribution in [0.25, 0.3) is 0 Å². The summed E-state index contributed by atoms with van der Waals surface area (Å²) in [6.07, 6.45) is 8.96. The summed E-state index contributed by atoms with van der Waals surface area (Å²) >= 11 is 0. The molecule has 0 aromatic heterocycles. The van der Waals surface area contributed by atoms with E-state index in [4.69, 9.17) is 9.47 Å². The Hall–Kier alpha value is -1.06. The van der Waals surface area contributed by atoms with Crippen molar-refractivity contribution in [2.45, 2.75) is 56.6 Å². The van der Waals surface area contributed by atoms with Gasteiger partial charge in [-0.2, -0.15) is 0 Å². The number of ether oxygens (including phenoxy) is 2. The molecule has 0 amide bonds. The van der Waals surface area contributed by atoms with Crippen LogP contribution in [-0.4, -0.2) is 80.4 Å². The summed E-state index contributed by atoms with van der Waals surface area (Å²) in [6, 6.07) is 10.2. The first-order chi connectivity index (χ1) is 14.8. The first-order valence-corrected chi connectivity index (χ1v) is 11.8. The third kappa shape index (κ3) is 6.48. The highest BCUT2D eigenvalue weighted by atomic mass is 127. The van der Waals surface area contributed by atoms with E-state index in [0.717, 1.165) is 70.5 Å². The van der Waals surface area contributed by atoms with Crippen molar-refractivity contribution in [2.24, 2.45) is 4.99 Å². The van der Waals surface area contributed by atoms with Gasteiger partial charge in [-0.1, -0.05) is 37.5 Å². The molecule has 3 aliphatic rings. The van der Waals surface area contributed by atoms with E-state index in [1.807, 2.05) is 37.4 Å². The molecule has 4 rings (SSSR count). The van der Waals surface area contributed by atoms with Crippen LogP contribution in [0.15, 0.2) is 35.3 Å². The van der Waals surface area contributed by atoms with Crippen LogP contribution in [0.3, 0.4) is 0 Å². The van der Waals surface area contributed by atoms with Crippen molar-refractivity contribution in [3.8, 4) is 5.75 Å². The number of nitrogens with one attached hydrogen (secondary N) is 1. The maximum atomic E-state index is 6.16. The number of halogens is 1. The molecule has 0 atom stereocenters. The van der Waals surface area contributed by atoms with E-state index in [9.17, 15) is 0 Å². The average Bonchev–Trinajstić information content (AvgIpc) is 2.82. The van der Waals surface area contributed by atoms with Crippen molar-refractivity contribution in [3.05, 3.63) is 30.3 Å². The number of para-hydroxylation sites is 1. The lowest BCUT2D eigenvalue weighted by Gasteiger charge is -2.48. The summed E-state index contributed by atoms with van der Waals surface area (Å²) in [7, 11) is 1.91. The smallest absolute Gasteiger partial charge is 0.193 e. The Balaban J connectivity index is 0.00000272. The zero-order chi connectivity index (χ0) is 20.7. The number of rotatable bonds is 5. The van der Waals surface area contributed by atoms with E-state index in [2.05, 4.69) is 20.1 Å². The van der Waals surface area contributed by atoms with Gasteiger partial charge in [-0.15, -0.1) is 24.0 Å². The van der Waals surface area contributed by atoms with Gasteiger partial charge in [0.05, 0.1) is 13.2 Å². The van der Waals surface area contributed by atoms with Gasteiger partial charge in [-0.3, -0.25) is 9.89 Å². The molecule has 6 nitrogen and oxygen atoms in total. The predicted molar refractivity (Wildman–Crippen MR) is 137 cm³/mol.